The average molecular weight is 220 g/mol. The van der Waals surface area contributed by atoms with Gasteiger partial charge in [-0.1, -0.05) is 0 Å². The molecule has 1 rings (SSSR count). The predicted molar refractivity (Wildman–Crippen MR) is 56.6 cm³/mol. The molecule has 14 heavy (non-hydrogen) atoms. The summed E-state index contributed by atoms with van der Waals surface area (Å²) in [7, 11) is 0. The molecule has 0 radical (unpaired) electrons. The SMILES string of the molecule is CC1(C)COCCN1C(=O)CCCCl. The number of ether oxygens (including phenoxy) is 1. The second-order valence-corrected chi connectivity index (χ2v) is 4.58. The number of hydrogen-bond donors (Lipinski definition) is 0. The molecule has 0 spiro atoms. The lowest BCUT2D eigenvalue weighted by Crippen LogP contribution is -2.55. The van der Waals surface area contributed by atoms with Crippen LogP contribution in [0.3, 0.4) is 0 Å². The van der Waals surface area contributed by atoms with Gasteiger partial charge in [0, 0.05) is 18.8 Å². The molecular formula is C10H18ClNO2. The molecule has 1 aliphatic heterocycles. The smallest absolute Gasteiger partial charge is 0.223 e. The number of halogens is 1. The first kappa shape index (κ1) is 11.8. The quantitative estimate of drug-likeness (QED) is 0.676. The van der Waals surface area contributed by atoms with Crippen molar-refractivity contribution in [3.8, 4) is 0 Å². The van der Waals surface area contributed by atoms with E-state index in [2.05, 4.69) is 0 Å². The van der Waals surface area contributed by atoms with Gasteiger partial charge in [0.05, 0.1) is 18.8 Å². The number of morpholine rings is 1. The Morgan fingerprint density at radius 1 is 1.57 bits per heavy atom. The fourth-order valence-corrected chi connectivity index (χ4v) is 1.81. The molecule has 0 aromatic carbocycles. The third-order valence-electron chi connectivity index (χ3n) is 2.47. The molecule has 82 valence electrons. The topological polar surface area (TPSA) is 29.5 Å². The maximum Gasteiger partial charge on any atom is 0.223 e. The molecule has 1 heterocycles. The van der Waals surface area contributed by atoms with Gasteiger partial charge in [0.25, 0.3) is 0 Å². The standard InChI is InChI=1S/C10H18ClNO2/c1-10(2)8-14-7-6-12(10)9(13)4-3-5-11/h3-8H2,1-2H3. The monoisotopic (exact) mass is 219 g/mol. The largest absolute Gasteiger partial charge is 0.377 e. The lowest BCUT2D eigenvalue weighted by Gasteiger charge is -2.42. The molecule has 1 fully saturated rings. The van der Waals surface area contributed by atoms with Gasteiger partial charge in [0.2, 0.25) is 5.91 Å². The van der Waals surface area contributed by atoms with E-state index in [-0.39, 0.29) is 11.4 Å². The minimum Gasteiger partial charge on any atom is -0.377 e. The van der Waals surface area contributed by atoms with Crippen LogP contribution in [0.5, 0.6) is 0 Å². The Hall–Kier alpha value is -0.280. The molecule has 1 amide bonds. The summed E-state index contributed by atoms with van der Waals surface area (Å²) in [6.45, 7) is 6.04. The van der Waals surface area contributed by atoms with Crippen molar-refractivity contribution in [2.45, 2.75) is 32.2 Å². The highest BCUT2D eigenvalue weighted by atomic mass is 35.5. The highest BCUT2D eigenvalue weighted by Gasteiger charge is 2.33. The second kappa shape index (κ2) is 4.99. The second-order valence-electron chi connectivity index (χ2n) is 4.20. The summed E-state index contributed by atoms with van der Waals surface area (Å²) in [5.74, 6) is 0.746. The van der Waals surface area contributed by atoms with Crippen molar-refractivity contribution in [1.82, 2.24) is 4.90 Å². The van der Waals surface area contributed by atoms with Gasteiger partial charge >= 0.3 is 0 Å². The van der Waals surface area contributed by atoms with Gasteiger partial charge in [0.15, 0.2) is 0 Å². The molecule has 0 aromatic heterocycles. The van der Waals surface area contributed by atoms with E-state index in [4.69, 9.17) is 16.3 Å². The van der Waals surface area contributed by atoms with Crippen LogP contribution in [0.1, 0.15) is 26.7 Å². The number of nitrogens with zero attached hydrogens (tertiary/aromatic N) is 1. The normalized spacial score (nSPS) is 20.9. The first-order chi connectivity index (χ1) is 6.58. The average Bonchev–Trinajstić information content (AvgIpc) is 2.13. The zero-order chi connectivity index (χ0) is 10.6. The van der Waals surface area contributed by atoms with Gasteiger partial charge in [-0.15, -0.1) is 11.6 Å². The summed E-state index contributed by atoms with van der Waals surface area (Å²) < 4.78 is 5.35. The minimum absolute atomic E-state index is 0.165. The van der Waals surface area contributed by atoms with E-state index >= 15 is 0 Å². The highest BCUT2D eigenvalue weighted by molar-refractivity contribution is 6.17. The summed E-state index contributed by atoms with van der Waals surface area (Å²) in [6.07, 6.45) is 1.31. The van der Waals surface area contributed by atoms with Crippen LogP contribution >= 0.6 is 11.6 Å². The molecule has 0 aliphatic carbocycles. The summed E-state index contributed by atoms with van der Waals surface area (Å²) in [6, 6.07) is 0. The van der Waals surface area contributed by atoms with Gasteiger partial charge in [0.1, 0.15) is 0 Å². The van der Waals surface area contributed by atoms with Gasteiger partial charge < -0.3 is 9.64 Å². The Labute approximate surface area is 90.4 Å². The Morgan fingerprint density at radius 3 is 2.86 bits per heavy atom. The Balaban J connectivity index is 2.51. The van der Waals surface area contributed by atoms with Crippen LogP contribution in [0.4, 0.5) is 0 Å². The van der Waals surface area contributed by atoms with Crippen LogP contribution in [-0.4, -0.2) is 42.0 Å². The van der Waals surface area contributed by atoms with Crippen molar-refractivity contribution in [3.05, 3.63) is 0 Å². The van der Waals surface area contributed by atoms with Gasteiger partial charge in [-0.25, -0.2) is 0 Å². The van der Waals surface area contributed by atoms with Crippen molar-refractivity contribution in [2.24, 2.45) is 0 Å². The van der Waals surface area contributed by atoms with Gasteiger partial charge in [-0.2, -0.15) is 0 Å². The first-order valence-electron chi connectivity index (χ1n) is 5.02. The minimum atomic E-state index is -0.165. The molecule has 0 bridgehead atoms. The number of rotatable bonds is 3. The Bertz CT molecular complexity index is 206. The van der Waals surface area contributed by atoms with Crippen LogP contribution in [0.15, 0.2) is 0 Å². The van der Waals surface area contributed by atoms with Gasteiger partial charge in [-0.05, 0) is 20.3 Å². The molecule has 0 atom stereocenters. The zero-order valence-corrected chi connectivity index (χ0v) is 9.64. The Morgan fingerprint density at radius 2 is 2.29 bits per heavy atom. The molecular weight excluding hydrogens is 202 g/mol. The van der Waals surface area contributed by atoms with E-state index in [1.807, 2.05) is 18.7 Å². The van der Waals surface area contributed by atoms with Gasteiger partial charge in [-0.3, -0.25) is 4.79 Å². The highest BCUT2D eigenvalue weighted by Crippen LogP contribution is 2.20. The molecule has 1 aliphatic rings. The molecule has 3 nitrogen and oxygen atoms in total. The number of alkyl halides is 1. The van der Waals surface area contributed by atoms with E-state index in [9.17, 15) is 4.79 Å². The van der Waals surface area contributed by atoms with Crippen LogP contribution in [0.2, 0.25) is 0 Å². The van der Waals surface area contributed by atoms with Crippen molar-refractivity contribution in [1.29, 1.82) is 0 Å². The summed E-state index contributed by atoms with van der Waals surface area (Å²) in [4.78, 5) is 13.7. The van der Waals surface area contributed by atoms with Crippen LogP contribution in [-0.2, 0) is 9.53 Å². The number of hydrogen-bond acceptors (Lipinski definition) is 2. The Kier molecular flexibility index (Phi) is 4.20. The van der Waals surface area contributed by atoms with Crippen molar-refractivity contribution in [2.75, 3.05) is 25.6 Å². The lowest BCUT2D eigenvalue weighted by atomic mass is 10.0. The fourth-order valence-electron chi connectivity index (χ4n) is 1.67. The fraction of sp³-hybridized carbons (Fsp3) is 0.900. The third-order valence-corrected chi connectivity index (χ3v) is 2.74. The maximum absolute atomic E-state index is 11.8. The van der Waals surface area contributed by atoms with Crippen molar-refractivity contribution < 1.29 is 9.53 Å². The van der Waals surface area contributed by atoms with E-state index in [1.165, 1.54) is 0 Å². The van der Waals surface area contributed by atoms with E-state index < -0.39 is 0 Å². The molecule has 1 saturated heterocycles. The summed E-state index contributed by atoms with van der Waals surface area (Å²) in [5.41, 5.74) is -0.165. The molecule has 0 saturated carbocycles. The third kappa shape index (κ3) is 2.85. The summed E-state index contributed by atoms with van der Waals surface area (Å²) in [5, 5.41) is 0. The summed E-state index contributed by atoms with van der Waals surface area (Å²) >= 11 is 5.56. The number of carbonyl (C=O) groups is 1. The zero-order valence-electron chi connectivity index (χ0n) is 8.88. The maximum atomic E-state index is 11.8. The van der Waals surface area contributed by atoms with Crippen LogP contribution < -0.4 is 0 Å². The lowest BCUT2D eigenvalue weighted by molar-refractivity contribution is -0.146. The van der Waals surface area contributed by atoms with Crippen molar-refractivity contribution in [3.63, 3.8) is 0 Å². The van der Waals surface area contributed by atoms with E-state index in [0.29, 0.717) is 32.1 Å². The molecule has 0 N–H and O–H groups in total. The van der Waals surface area contributed by atoms with Crippen LogP contribution in [0, 0.1) is 0 Å². The first-order valence-corrected chi connectivity index (χ1v) is 5.55. The van der Waals surface area contributed by atoms with E-state index in [0.717, 1.165) is 6.42 Å². The predicted octanol–water partition coefficient (Wildman–Crippen LogP) is 1.64. The van der Waals surface area contributed by atoms with E-state index in [1.54, 1.807) is 0 Å². The number of amides is 1. The molecule has 4 heteroatoms. The molecule has 0 unspecified atom stereocenters. The van der Waals surface area contributed by atoms with Crippen LogP contribution in [0.25, 0.3) is 0 Å². The number of carbonyl (C=O) groups excluding carboxylic acids is 1. The molecule has 0 aromatic rings. The van der Waals surface area contributed by atoms with Crippen molar-refractivity contribution >= 4 is 17.5 Å².